The van der Waals surface area contributed by atoms with Gasteiger partial charge in [0.25, 0.3) is 11.6 Å². The van der Waals surface area contributed by atoms with Crippen LogP contribution in [0, 0.1) is 16.0 Å². The summed E-state index contributed by atoms with van der Waals surface area (Å²) in [4.78, 5) is 24.4. The summed E-state index contributed by atoms with van der Waals surface area (Å²) in [5, 5.41) is 11.7. The molecule has 0 N–H and O–H groups in total. The van der Waals surface area contributed by atoms with E-state index in [9.17, 15) is 14.9 Å². The predicted molar refractivity (Wildman–Crippen MR) is 78.6 cm³/mol. The molecule has 0 spiro atoms. The third kappa shape index (κ3) is 3.33. The van der Waals surface area contributed by atoms with Crippen LogP contribution in [0.15, 0.2) is 22.7 Å². The lowest BCUT2D eigenvalue weighted by Crippen LogP contribution is -2.28. The predicted octanol–water partition coefficient (Wildman–Crippen LogP) is 3.21. The molecule has 1 amide bonds. The van der Waals surface area contributed by atoms with Crippen molar-refractivity contribution in [2.24, 2.45) is 5.92 Å². The highest BCUT2D eigenvalue weighted by Crippen LogP contribution is 2.25. The summed E-state index contributed by atoms with van der Waals surface area (Å²) in [6.07, 6.45) is 0.965. The van der Waals surface area contributed by atoms with Gasteiger partial charge in [0.05, 0.1) is 4.92 Å². The van der Waals surface area contributed by atoms with E-state index >= 15 is 0 Å². The molecule has 0 aliphatic carbocycles. The maximum atomic E-state index is 12.3. The fraction of sp³-hybridized carbons (Fsp3) is 0.417. The smallest absolute Gasteiger partial charge is 0.271 e. The monoisotopic (exact) mass is 390 g/mol. The fourth-order valence-electron chi connectivity index (χ4n) is 2.13. The van der Waals surface area contributed by atoms with Gasteiger partial charge in [-0.1, -0.05) is 31.9 Å². The normalized spacial score (nSPS) is 18.6. The van der Waals surface area contributed by atoms with Gasteiger partial charge in [-0.05, 0) is 18.4 Å². The number of hydrogen-bond acceptors (Lipinski definition) is 3. The molecule has 0 aromatic heterocycles. The molecular weight excluding hydrogens is 380 g/mol. The molecule has 5 nitrogen and oxygen atoms in total. The van der Waals surface area contributed by atoms with E-state index in [-0.39, 0.29) is 11.6 Å². The number of nitrogens with zero attached hydrogens (tertiary/aromatic N) is 2. The molecule has 19 heavy (non-hydrogen) atoms. The van der Waals surface area contributed by atoms with Gasteiger partial charge >= 0.3 is 0 Å². The molecule has 1 aliphatic heterocycles. The lowest BCUT2D eigenvalue weighted by atomic mass is 10.1. The Morgan fingerprint density at radius 2 is 2.21 bits per heavy atom. The molecule has 1 unspecified atom stereocenters. The van der Waals surface area contributed by atoms with E-state index in [1.54, 1.807) is 11.0 Å². The minimum absolute atomic E-state index is 0.0750. The topological polar surface area (TPSA) is 63.4 Å². The molecule has 1 aromatic rings. The van der Waals surface area contributed by atoms with Crippen LogP contribution in [0.1, 0.15) is 16.8 Å². The lowest BCUT2D eigenvalue weighted by Gasteiger charge is -2.16. The van der Waals surface area contributed by atoms with E-state index in [2.05, 4.69) is 31.9 Å². The fourth-order valence-corrected chi connectivity index (χ4v) is 3.14. The van der Waals surface area contributed by atoms with E-state index < -0.39 is 4.92 Å². The largest absolute Gasteiger partial charge is 0.338 e. The Bertz CT molecular complexity index is 522. The van der Waals surface area contributed by atoms with Crippen LogP contribution in [0.3, 0.4) is 0 Å². The van der Waals surface area contributed by atoms with Gasteiger partial charge in [0.15, 0.2) is 0 Å². The highest BCUT2D eigenvalue weighted by atomic mass is 79.9. The second-order valence-electron chi connectivity index (χ2n) is 4.52. The van der Waals surface area contributed by atoms with Crippen molar-refractivity contribution in [2.75, 3.05) is 18.4 Å². The van der Waals surface area contributed by atoms with Gasteiger partial charge in [-0.2, -0.15) is 0 Å². The summed E-state index contributed by atoms with van der Waals surface area (Å²) in [5.41, 5.74) is 0.283. The summed E-state index contributed by atoms with van der Waals surface area (Å²) < 4.78 is 0.543. The maximum Gasteiger partial charge on any atom is 0.271 e. The van der Waals surface area contributed by atoms with Crippen LogP contribution in [0.5, 0.6) is 0 Å². The van der Waals surface area contributed by atoms with Crippen LogP contribution in [-0.4, -0.2) is 34.2 Å². The van der Waals surface area contributed by atoms with Crippen LogP contribution in [0.4, 0.5) is 5.69 Å². The molecular formula is C12H12Br2N2O3. The zero-order chi connectivity index (χ0) is 14.0. The zero-order valence-corrected chi connectivity index (χ0v) is 13.2. The molecule has 102 valence electrons. The third-order valence-corrected chi connectivity index (χ3v) is 4.51. The number of amides is 1. The van der Waals surface area contributed by atoms with Crippen molar-refractivity contribution in [1.82, 2.24) is 4.90 Å². The van der Waals surface area contributed by atoms with E-state index in [1.807, 2.05) is 0 Å². The molecule has 1 aromatic carbocycles. The molecule has 1 saturated heterocycles. The first kappa shape index (κ1) is 14.5. The van der Waals surface area contributed by atoms with Crippen LogP contribution in [0.2, 0.25) is 0 Å². The van der Waals surface area contributed by atoms with Crippen molar-refractivity contribution in [2.45, 2.75) is 6.42 Å². The zero-order valence-electron chi connectivity index (χ0n) is 10.0. The summed E-state index contributed by atoms with van der Waals surface area (Å²) in [6, 6.07) is 4.34. The van der Waals surface area contributed by atoms with E-state index in [0.717, 1.165) is 11.8 Å². The van der Waals surface area contributed by atoms with Gasteiger partial charge in [-0.3, -0.25) is 14.9 Å². The van der Waals surface area contributed by atoms with E-state index in [1.165, 1.54) is 12.1 Å². The molecule has 0 radical (unpaired) electrons. The van der Waals surface area contributed by atoms with Crippen molar-refractivity contribution in [3.05, 3.63) is 38.3 Å². The number of nitro benzene ring substituents is 1. The highest BCUT2D eigenvalue weighted by Gasteiger charge is 2.27. The Hall–Kier alpha value is -0.950. The van der Waals surface area contributed by atoms with Crippen LogP contribution >= 0.6 is 31.9 Å². The first-order valence-corrected chi connectivity index (χ1v) is 7.73. The number of non-ortho nitro benzene ring substituents is 1. The summed E-state index contributed by atoms with van der Waals surface area (Å²) >= 11 is 6.62. The van der Waals surface area contributed by atoms with Gasteiger partial charge in [0.2, 0.25) is 0 Å². The molecule has 0 bridgehead atoms. The van der Waals surface area contributed by atoms with Gasteiger partial charge in [0.1, 0.15) is 0 Å². The SMILES string of the molecule is O=C(c1cc(Br)cc([N+](=O)[O-])c1)N1CCC(CBr)C1. The van der Waals surface area contributed by atoms with E-state index in [0.29, 0.717) is 29.0 Å². The van der Waals surface area contributed by atoms with Crippen molar-refractivity contribution in [1.29, 1.82) is 0 Å². The Kier molecular flexibility index (Phi) is 4.57. The second kappa shape index (κ2) is 6.00. The molecule has 1 atom stereocenters. The summed E-state index contributed by atoms with van der Waals surface area (Å²) in [7, 11) is 0. The number of halogens is 2. The van der Waals surface area contributed by atoms with Crippen LogP contribution in [-0.2, 0) is 0 Å². The van der Waals surface area contributed by atoms with Gasteiger partial charge < -0.3 is 4.90 Å². The highest BCUT2D eigenvalue weighted by molar-refractivity contribution is 9.10. The minimum atomic E-state index is -0.493. The number of carbonyl (C=O) groups excluding carboxylic acids is 1. The number of rotatable bonds is 3. The van der Waals surface area contributed by atoms with Gasteiger partial charge in [-0.15, -0.1) is 0 Å². The van der Waals surface area contributed by atoms with Crippen LogP contribution < -0.4 is 0 Å². The standard InChI is InChI=1S/C12H12Br2N2O3/c13-6-8-1-2-15(7-8)12(17)9-3-10(14)5-11(4-9)16(18)19/h3-5,8H,1-2,6-7H2. The summed E-state index contributed by atoms with van der Waals surface area (Å²) in [6.45, 7) is 1.40. The van der Waals surface area contributed by atoms with Crippen LogP contribution in [0.25, 0.3) is 0 Å². The molecule has 0 saturated carbocycles. The molecule has 1 aliphatic rings. The average molecular weight is 392 g/mol. The first-order valence-electron chi connectivity index (χ1n) is 5.81. The van der Waals surface area contributed by atoms with Gasteiger partial charge in [0, 0.05) is 40.6 Å². The third-order valence-electron chi connectivity index (χ3n) is 3.13. The Balaban J connectivity index is 2.22. The number of alkyl halides is 1. The Morgan fingerprint density at radius 3 is 2.79 bits per heavy atom. The lowest BCUT2D eigenvalue weighted by molar-refractivity contribution is -0.385. The van der Waals surface area contributed by atoms with Crippen molar-refractivity contribution < 1.29 is 9.72 Å². The van der Waals surface area contributed by atoms with Crippen molar-refractivity contribution in [3.8, 4) is 0 Å². The molecule has 2 rings (SSSR count). The molecule has 7 heteroatoms. The number of carbonyl (C=O) groups is 1. The quantitative estimate of drug-likeness (QED) is 0.451. The minimum Gasteiger partial charge on any atom is -0.338 e. The van der Waals surface area contributed by atoms with Crippen molar-refractivity contribution in [3.63, 3.8) is 0 Å². The summed E-state index contributed by atoms with van der Waals surface area (Å²) in [5.74, 6) is 0.318. The van der Waals surface area contributed by atoms with Crippen molar-refractivity contribution >= 4 is 43.5 Å². The first-order chi connectivity index (χ1) is 9.01. The molecule has 1 heterocycles. The number of benzene rings is 1. The number of likely N-dealkylation sites (tertiary alicyclic amines) is 1. The van der Waals surface area contributed by atoms with Gasteiger partial charge in [-0.25, -0.2) is 0 Å². The van der Waals surface area contributed by atoms with E-state index in [4.69, 9.17) is 0 Å². The second-order valence-corrected chi connectivity index (χ2v) is 6.08. The molecule has 1 fully saturated rings. The average Bonchev–Trinajstić information content (AvgIpc) is 2.85. The Labute approximate surface area is 127 Å². The Morgan fingerprint density at radius 1 is 1.47 bits per heavy atom. The maximum absolute atomic E-state index is 12.3. The number of nitro groups is 1. The number of hydrogen-bond donors (Lipinski definition) is 0.